The second-order valence-corrected chi connectivity index (χ2v) is 4.49. The smallest absolute Gasteiger partial charge is 0.165 e. The van der Waals surface area contributed by atoms with Crippen LogP contribution < -0.4 is 0 Å². The van der Waals surface area contributed by atoms with Crippen molar-refractivity contribution in [3.8, 4) is 11.4 Å². The molecule has 0 saturated heterocycles. The van der Waals surface area contributed by atoms with Crippen molar-refractivity contribution in [2.45, 2.75) is 39.2 Å². The fourth-order valence-electron chi connectivity index (χ4n) is 2.02. The quantitative estimate of drug-likeness (QED) is 0.807. The molecule has 2 aromatic rings. The Labute approximate surface area is 99.9 Å². The van der Waals surface area contributed by atoms with Crippen LogP contribution in [0, 0.1) is 6.92 Å². The third kappa shape index (κ3) is 1.81. The van der Waals surface area contributed by atoms with E-state index >= 15 is 0 Å². The minimum absolute atomic E-state index is 0.582. The van der Waals surface area contributed by atoms with Gasteiger partial charge in [-0.15, -0.1) is 10.2 Å². The van der Waals surface area contributed by atoms with Crippen molar-refractivity contribution in [2.24, 2.45) is 0 Å². The van der Waals surface area contributed by atoms with Gasteiger partial charge in [0.25, 0.3) is 0 Å². The summed E-state index contributed by atoms with van der Waals surface area (Å²) in [4.78, 5) is 0. The number of nitrogens with zero attached hydrogens (tertiary/aromatic N) is 5. The zero-order valence-corrected chi connectivity index (χ0v) is 10.1. The van der Waals surface area contributed by atoms with Gasteiger partial charge in [0.1, 0.15) is 6.33 Å². The molecule has 5 nitrogen and oxygen atoms in total. The van der Waals surface area contributed by atoms with Gasteiger partial charge in [0, 0.05) is 11.6 Å². The Morgan fingerprint density at radius 2 is 2.12 bits per heavy atom. The van der Waals surface area contributed by atoms with Crippen LogP contribution in [0.3, 0.4) is 0 Å². The predicted octanol–water partition coefficient (Wildman–Crippen LogP) is 1.94. The van der Waals surface area contributed by atoms with E-state index < -0.39 is 0 Å². The van der Waals surface area contributed by atoms with Crippen molar-refractivity contribution in [3.63, 3.8) is 0 Å². The van der Waals surface area contributed by atoms with Gasteiger partial charge in [0.15, 0.2) is 5.82 Å². The van der Waals surface area contributed by atoms with E-state index in [0.29, 0.717) is 6.04 Å². The van der Waals surface area contributed by atoms with Gasteiger partial charge in [0.2, 0.25) is 0 Å². The maximum absolute atomic E-state index is 4.24. The van der Waals surface area contributed by atoms with E-state index in [4.69, 9.17) is 0 Å². The Bertz CT molecular complexity index is 542. The zero-order chi connectivity index (χ0) is 11.8. The van der Waals surface area contributed by atoms with E-state index in [1.807, 2.05) is 13.3 Å². The molecule has 0 radical (unpaired) electrons. The second-order valence-electron chi connectivity index (χ2n) is 4.49. The molecule has 0 amide bonds. The SMILES string of the molecule is CCc1nnc(C)cc1-c1nncn1C1CC1. The molecule has 0 spiro atoms. The molecule has 0 aliphatic heterocycles. The van der Waals surface area contributed by atoms with Gasteiger partial charge in [-0.3, -0.25) is 0 Å². The van der Waals surface area contributed by atoms with Crippen molar-refractivity contribution < 1.29 is 0 Å². The fraction of sp³-hybridized carbons (Fsp3) is 0.500. The third-order valence-corrected chi connectivity index (χ3v) is 3.08. The van der Waals surface area contributed by atoms with Crippen LogP contribution in [-0.4, -0.2) is 25.0 Å². The third-order valence-electron chi connectivity index (χ3n) is 3.08. The maximum Gasteiger partial charge on any atom is 0.165 e. The zero-order valence-electron chi connectivity index (χ0n) is 10.1. The van der Waals surface area contributed by atoms with Gasteiger partial charge in [-0.1, -0.05) is 6.92 Å². The number of hydrogen-bond acceptors (Lipinski definition) is 4. The minimum atomic E-state index is 0.582. The summed E-state index contributed by atoms with van der Waals surface area (Å²) < 4.78 is 2.16. The van der Waals surface area contributed by atoms with Gasteiger partial charge < -0.3 is 4.57 Å². The highest BCUT2D eigenvalue weighted by molar-refractivity contribution is 5.58. The lowest BCUT2D eigenvalue weighted by molar-refractivity contribution is 0.742. The molecule has 1 saturated carbocycles. The lowest BCUT2D eigenvalue weighted by atomic mass is 10.1. The molecule has 1 aliphatic carbocycles. The van der Waals surface area contributed by atoms with Crippen LogP contribution in [0.25, 0.3) is 11.4 Å². The first-order chi connectivity index (χ1) is 8.29. The van der Waals surface area contributed by atoms with Crippen molar-refractivity contribution in [3.05, 3.63) is 23.8 Å². The summed E-state index contributed by atoms with van der Waals surface area (Å²) in [6.07, 6.45) is 5.14. The van der Waals surface area contributed by atoms with Gasteiger partial charge in [-0.2, -0.15) is 10.2 Å². The highest BCUT2D eigenvalue weighted by atomic mass is 15.3. The van der Waals surface area contributed by atoms with Crippen molar-refractivity contribution in [1.82, 2.24) is 25.0 Å². The molecule has 0 bridgehead atoms. The normalized spacial score (nSPS) is 15.2. The summed E-state index contributed by atoms with van der Waals surface area (Å²) >= 11 is 0. The second kappa shape index (κ2) is 3.91. The molecule has 2 aromatic heterocycles. The predicted molar refractivity (Wildman–Crippen MR) is 63.4 cm³/mol. The molecule has 5 heteroatoms. The lowest BCUT2D eigenvalue weighted by Gasteiger charge is -2.08. The number of hydrogen-bond donors (Lipinski definition) is 0. The van der Waals surface area contributed by atoms with Crippen LogP contribution in [0.5, 0.6) is 0 Å². The Hall–Kier alpha value is -1.78. The van der Waals surface area contributed by atoms with Crippen molar-refractivity contribution >= 4 is 0 Å². The molecule has 0 N–H and O–H groups in total. The van der Waals surface area contributed by atoms with Crippen LogP contribution in [0.1, 0.15) is 37.2 Å². The molecule has 2 heterocycles. The average molecular weight is 229 g/mol. The summed E-state index contributed by atoms with van der Waals surface area (Å²) in [6.45, 7) is 4.04. The molecule has 88 valence electrons. The molecule has 3 rings (SSSR count). The Morgan fingerprint density at radius 1 is 1.29 bits per heavy atom. The van der Waals surface area contributed by atoms with E-state index in [0.717, 1.165) is 29.2 Å². The fourth-order valence-corrected chi connectivity index (χ4v) is 2.02. The molecular weight excluding hydrogens is 214 g/mol. The van der Waals surface area contributed by atoms with E-state index in [-0.39, 0.29) is 0 Å². The van der Waals surface area contributed by atoms with E-state index in [9.17, 15) is 0 Å². The molecule has 1 fully saturated rings. The molecule has 17 heavy (non-hydrogen) atoms. The van der Waals surface area contributed by atoms with E-state index in [2.05, 4.69) is 38.0 Å². The summed E-state index contributed by atoms with van der Waals surface area (Å²) in [5.74, 6) is 0.933. The van der Waals surface area contributed by atoms with Crippen LogP contribution >= 0.6 is 0 Å². The topological polar surface area (TPSA) is 56.5 Å². The first kappa shape index (κ1) is 10.4. The van der Waals surface area contributed by atoms with E-state index in [1.165, 1.54) is 12.8 Å². The summed E-state index contributed by atoms with van der Waals surface area (Å²) in [5.41, 5.74) is 2.98. The molecule has 1 aliphatic rings. The highest BCUT2D eigenvalue weighted by Crippen LogP contribution is 2.37. The van der Waals surface area contributed by atoms with Crippen LogP contribution in [0.15, 0.2) is 12.4 Å². The van der Waals surface area contributed by atoms with Crippen molar-refractivity contribution in [1.29, 1.82) is 0 Å². The highest BCUT2D eigenvalue weighted by Gasteiger charge is 2.27. The van der Waals surface area contributed by atoms with Crippen LogP contribution in [-0.2, 0) is 6.42 Å². The monoisotopic (exact) mass is 229 g/mol. The minimum Gasteiger partial charge on any atom is -0.310 e. The van der Waals surface area contributed by atoms with Crippen LogP contribution in [0.4, 0.5) is 0 Å². The molecular formula is C12H15N5. The lowest BCUT2D eigenvalue weighted by Crippen LogP contribution is -2.02. The number of rotatable bonds is 3. The summed E-state index contributed by atoms with van der Waals surface area (Å²) in [6, 6.07) is 2.63. The molecule has 0 unspecified atom stereocenters. The van der Waals surface area contributed by atoms with Gasteiger partial charge in [0.05, 0.1) is 11.4 Å². The number of aryl methyl sites for hydroxylation is 2. The largest absolute Gasteiger partial charge is 0.310 e. The Balaban J connectivity index is 2.13. The maximum atomic E-state index is 4.24. The Kier molecular flexibility index (Phi) is 2.39. The van der Waals surface area contributed by atoms with E-state index in [1.54, 1.807) is 0 Å². The van der Waals surface area contributed by atoms with Gasteiger partial charge >= 0.3 is 0 Å². The first-order valence-electron chi connectivity index (χ1n) is 6.02. The summed E-state index contributed by atoms with van der Waals surface area (Å²) in [5, 5.41) is 16.6. The van der Waals surface area contributed by atoms with Gasteiger partial charge in [-0.25, -0.2) is 0 Å². The molecule has 0 aromatic carbocycles. The number of aromatic nitrogens is 5. The molecule has 0 atom stereocenters. The van der Waals surface area contributed by atoms with Crippen molar-refractivity contribution in [2.75, 3.05) is 0 Å². The van der Waals surface area contributed by atoms with Crippen LogP contribution in [0.2, 0.25) is 0 Å². The van der Waals surface area contributed by atoms with Gasteiger partial charge in [-0.05, 0) is 32.3 Å². The average Bonchev–Trinajstić information content (AvgIpc) is 3.07. The Morgan fingerprint density at radius 3 is 2.82 bits per heavy atom. The first-order valence-corrected chi connectivity index (χ1v) is 6.02. The standard InChI is InChI=1S/C12H15N5/c1-3-11-10(6-8(2)14-15-11)12-16-13-7-17(12)9-4-5-9/h6-7,9H,3-5H2,1-2H3. The summed E-state index contributed by atoms with van der Waals surface area (Å²) in [7, 11) is 0.